The van der Waals surface area contributed by atoms with Gasteiger partial charge in [-0.2, -0.15) is 5.10 Å². The summed E-state index contributed by atoms with van der Waals surface area (Å²) in [5.41, 5.74) is 0.839. The SMILES string of the molecule is CN=C(NCc1cc(F)cc(Br)c1)NC1CCc2nc(COC)nn2C1. The van der Waals surface area contributed by atoms with Crippen LogP contribution in [0.2, 0.25) is 0 Å². The van der Waals surface area contributed by atoms with Crippen LogP contribution in [-0.2, 0) is 30.9 Å². The third-order valence-corrected chi connectivity index (χ3v) is 4.58. The van der Waals surface area contributed by atoms with Crippen molar-refractivity contribution < 1.29 is 9.13 Å². The average molecular weight is 425 g/mol. The second kappa shape index (κ2) is 8.59. The number of halogens is 2. The highest BCUT2D eigenvalue weighted by Gasteiger charge is 2.22. The molecule has 140 valence electrons. The number of nitrogens with one attached hydrogen (secondary N) is 2. The zero-order valence-electron chi connectivity index (χ0n) is 14.8. The van der Waals surface area contributed by atoms with Gasteiger partial charge in [-0.3, -0.25) is 4.99 Å². The summed E-state index contributed by atoms with van der Waals surface area (Å²) >= 11 is 3.31. The van der Waals surface area contributed by atoms with Crippen molar-refractivity contribution in [3.8, 4) is 0 Å². The Bertz CT molecular complexity index is 773. The smallest absolute Gasteiger partial charge is 0.191 e. The molecule has 1 aromatic heterocycles. The van der Waals surface area contributed by atoms with Gasteiger partial charge in [-0.25, -0.2) is 14.1 Å². The molecule has 3 rings (SSSR count). The molecule has 9 heteroatoms. The molecular weight excluding hydrogens is 403 g/mol. The zero-order chi connectivity index (χ0) is 18.5. The summed E-state index contributed by atoms with van der Waals surface area (Å²) in [5.74, 6) is 2.11. The van der Waals surface area contributed by atoms with E-state index in [4.69, 9.17) is 4.74 Å². The number of aliphatic imine (C=N–C) groups is 1. The molecule has 0 saturated heterocycles. The first-order chi connectivity index (χ1) is 12.6. The van der Waals surface area contributed by atoms with Gasteiger partial charge < -0.3 is 15.4 Å². The molecule has 2 aromatic rings. The Labute approximate surface area is 160 Å². The predicted octanol–water partition coefficient (Wildman–Crippen LogP) is 2.01. The van der Waals surface area contributed by atoms with Crippen LogP contribution in [0.15, 0.2) is 27.7 Å². The summed E-state index contributed by atoms with van der Waals surface area (Å²) in [6.07, 6.45) is 1.79. The molecule has 0 fully saturated rings. The third-order valence-electron chi connectivity index (χ3n) is 4.12. The van der Waals surface area contributed by atoms with E-state index in [9.17, 15) is 4.39 Å². The summed E-state index contributed by atoms with van der Waals surface area (Å²) in [5, 5.41) is 11.1. The number of hydrogen-bond donors (Lipinski definition) is 2. The maximum Gasteiger partial charge on any atom is 0.191 e. The fraction of sp³-hybridized carbons (Fsp3) is 0.471. The molecule has 1 aliphatic heterocycles. The van der Waals surface area contributed by atoms with Crippen LogP contribution in [-0.4, -0.2) is 40.9 Å². The minimum absolute atomic E-state index is 0.199. The largest absolute Gasteiger partial charge is 0.377 e. The highest BCUT2D eigenvalue weighted by molar-refractivity contribution is 9.10. The van der Waals surface area contributed by atoms with Crippen molar-refractivity contribution in [3.63, 3.8) is 0 Å². The van der Waals surface area contributed by atoms with Crippen molar-refractivity contribution >= 4 is 21.9 Å². The van der Waals surface area contributed by atoms with Gasteiger partial charge in [0, 0.05) is 37.6 Å². The second-order valence-electron chi connectivity index (χ2n) is 6.14. The number of fused-ring (bicyclic) bond motifs is 1. The molecule has 1 aliphatic rings. The van der Waals surface area contributed by atoms with E-state index in [1.807, 2.05) is 10.7 Å². The van der Waals surface area contributed by atoms with Crippen molar-refractivity contribution in [2.24, 2.45) is 4.99 Å². The van der Waals surface area contributed by atoms with E-state index in [1.165, 1.54) is 12.1 Å². The zero-order valence-corrected chi connectivity index (χ0v) is 16.4. The summed E-state index contributed by atoms with van der Waals surface area (Å²) < 4.78 is 21.2. The van der Waals surface area contributed by atoms with Crippen LogP contribution in [0.4, 0.5) is 4.39 Å². The minimum atomic E-state index is -0.267. The maximum absolute atomic E-state index is 13.5. The van der Waals surface area contributed by atoms with Gasteiger partial charge in [-0.1, -0.05) is 15.9 Å². The van der Waals surface area contributed by atoms with Crippen molar-refractivity contribution in [1.29, 1.82) is 0 Å². The topological polar surface area (TPSA) is 76.4 Å². The number of rotatable bonds is 5. The molecule has 26 heavy (non-hydrogen) atoms. The van der Waals surface area contributed by atoms with Crippen LogP contribution < -0.4 is 10.6 Å². The first-order valence-corrected chi connectivity index (χ1v) is 9.20. The lowest BCUT2D eigenvalue weighted by molar-refractivity contribution is 0.177. The monoisotopic (exact) mass is 424 g/mol. The van der Waals surface area contributed by atoms with E-state index in [0.29, 0.717) is 24.9 Å². The minimum Gasteiger partial charge on any atom is -0.377 e. The number of guanidine groups is 1. The van der Waals surface area contributed by atoms with Crippen LogP contribution in [0.25, 0.3) is 0 Å². The van der Waals surface area contributed by atoms with E-state index >= 15 is 0 Å². The van der Waals surface area contributed by atoms with Crippen LogP contribution >= 0.6 is 15.9 Å². The molecule has 0 aliphatic carbocycles. The van der Waals surface area contributed by atoms with Crippen molar-refractivity contribution in [3.05, 3.63) is 45.7 Å². The highest BCUT2D eigenvalue weighted by atomic mass is 79.9. The van der Waals surface area contributed by atoms with Gasteiger partial charge >= 0.3 is 0 Å². The molecule has 0 bridgehead atoms. The van der Waals surface area contributed by atoms with Gasteiger partial charge in [0.1, 0.15) is 18.2 Å². The van der Waals surface area contributed by atoms with E-state index in [-0.39, 0.29) is 11.9 Å². The summed E-state index contributed by atoms with van der Waals surface area (Å²) in [6.45, 7) is 1.62. The van der Waals surface area contributed by atoms with Crippen molar-refractivity contribution in [1.82, 2.24) is 25.4 Å². The number of ether oxygens (including phenoxy) is 1. The number of methoxy groups -OCH3 is 1. The Balaban J connectivity index is 1.56. The average Bonchev–Trinajstić information content (AvgIpc) is 2.99. The molecule has 0 radical (unpaired) electrons. The molecule has 2 N–H and O–H groups in total. The van der Waals surface area contributed by atoms with Gasteiger partial charge in [0.25, 0.3) is 0 Å². The summed E-state index contributed by atoms with van der Waals surface area (Å²) in [4.78, 5) is 8.74. The van der Waals surface area contributed by atoms with Gasteiger partial charge in [-0.05, 0) is 30.2 Å². The number of aromatic nitrogens is 3. The molecule has 1 atom stereocenters. The van der Waals surface area contributed by atoms with Crippen LogP contribution in [0.1, 0.15) is 23.6 Å². The Morgan fingerprint density at radius 2 is 2.31 bits per heavy atom. The van der Waals surface area contributed by atoms with E-state index < -0.39 is 0 Å². The third kappa shape index (κ3) is 4.79. The Hall–Kier alpha value is -2.00. The maximum atomic E-state index is 13.5. The molecule has 1 unspecified atom stereocenters. The standard InChI is InChI=1S/C17H22BrFN6O/c1-20-17(21-8-11-5-12(18)7-13(19)6-11)22-14-3-4-16-23-15(10-26-2)24-25(16)9-14/h5-7,14H,3-4,8-10H2,1-2H3,(H2,20,21,22). The van der Waals surface area contributed by atoms with Gasteiger partial charge in [-0.15, -0.1) is 0 Å². The van der Waals surface area contributed by atoms with Crippen molar-refractivity contribution in [2.45, 2.75) is 38.6 Å². The van der Waals surface area contributed by atoms with Gasteiger partial charge in [0.2, 0.25) is 0 Å². The predicted molar refractivity (Wildman–Crippen MR) is 100 cm³/mol. The first-order valence-electron chi connectivity index (χ1n) is 8.41. The van der Waals surface area contributed by atoms with Crippen molar-refractivity contribution in [2.75, 3.05) is 14.2 Å². The molecule has 0 saturated carbocycles. The number of nitrogens with zero attached hydrogens (tertiary/aromatic N) is 4. The van der Waals surface area contributed by atoms with Crippen LogP contribution in [0.3, 0.4) is 0 Å². The molecule has 0 spiro atoms. The van der Waals surface area contributed by atoms with Crippen LogP contribution in [0, 0.1) is 5.82 Å². The molecular formula is C17H22BrFN6O. The lowest BCUT2D eigenvalue weighted by Gasteiger charge is -2.25. The summed E-state index contributed by atoms with van der Waals surface area (Å²) in [6, 6.07) is 5.02. The second-order valence-corrected chi connectivity index (χ2v) is 7.06. The van der Waals surface area contributed by atoms with Gasteiger partial charge in [0.15, 0.2) is 11.8 Å². The molecule has 2 heterocycles. The lowest BCUT2D eigenvalue weighted by Crippen LogP contribution is -2.46. The first kappa shape index (κ1) is 18.8. The normalized spacial score (nSPS) is 17.1. The Morgan fingerprint density at radius 1 is 1.46 bits per heavy atom. The highest BCUT2D eigenvalue weighted by Crippen LogP contribution is 2.15. The van der Waals surface area contributed by atoms with E-state index in [2.05, 4.69) is 41.6 Å². The Morgan fingerprint density at radius 3 is 3.04 bits per heavy atom. The quantitative estimate of drug-likeness (QED) is 0.566. The van der Waals surface area contributed by atoms with Gasteiger partial charge in [0.05, 0.1) is 6.54 Å². The lowest BCUT2D eigenvalue weighted by atomic mass is 10.1. The number of hydrogen-bond acceptors (Lipinski definition) is 4. The van der Waals surface area contributed by atoms with E-state index in [0.717, 1.165) is 35.2 Å². The number of aryl methyl sites for hydroxylation is 1. The summed E-state index contributed by atoms with van der Waals surface area (Å²) in [7, 11) is 3.36. The molecule has 7 nitrogen and oxygen atoms in total. The fourth-order valence-corrected chi connectivity index (χ4v) is 3.47. The molecule has 0 amide bonds. The molecule has 1 aromatic carbocycles. The van der Waals surface area contributed by atoms with Crippen LogP contribution in [0.5, 0.6) is 0 Å². The fourth-order valence-electron chi connectivity index (χ4n) is 2.96. The Kier molecular flexibility index (Phi) is 6.20. The number of benzene rings is 1. The van der Waals surface area contributed by atoms with E-state index in [1.54, 1.807) is 14.2 Å².